The van der Waals surface area contributed by atoms with E-state index in [0.29, 0.717) is 26.2 Å². The number of ether oxygens (including phenoxy) is 2. The van der Waals surface area contributed by atoms with E-state index in [1.807, 2.05) is 13.8 Å². The summed E-state index contributed by atoms with van der Waals surface area (Å²) in [6.45, 7) is 5.17. The zero-order chi connectivity index (χ0) is 16.8. The quantitative estimate of drug-likeness (QED) is 0.206. The van der Waals surface area contributed by atoms with Gasteiger partial charge in [0.1, 0.15) is 11.6 Å². The Morgan fingerprint density at radius 1 is 1.32 bits per heavy atom. The Balaban J connectivity index is 4.22. The molecule has 0 aromatic carbocycles. The standard InChI is InChI=1S/C14H23N3O5/c1-3-21-13(22-4-2)10-16-9-11(8-15)14(20)17-7-5-6-12(18)19/h9,13,16H,3-7,10H2,1-2H3,(H,17,20)(H,18,19)/b11-9-. The fourth-order valence-corrected chi connectivity index (χ4v) is 1.48. The number of hydrogen-bond donors (Lipinski definition) is 3. The number of rotatable bonds is 12. The molecule has 0 aliphatic rings. The van der Waals surface area contributed by atoms with Gasteiger partial charge in [-0.05, 0) is 20.3 Å². The van der Waals surface area contributed by atoms with Crippen molar-refractivity contribution in [2.45, 2.75) is 33.0 Å². The van der Waals surface area contributed by atoms with Gasteiger partial charge in [0.05, 0.1) is 6.54 Å². The van der Waals surface area contributed by atoms with Crippen LogP contribution in [0.1, 0.15) is 26.7 Å². The number of nitriles is 1. The second kappa shape index (κ2) is 12.6. The third kappa shape index (κ3) is 9.74. The molecule has 0 atom stereocenters. The Hall–Kier alpha value is -2.11. The fraction of sp³-hybridized carbons (Fsp3) is 0.643. The van der Waals surface area contributed by atoms with Crippen LogP contribution < -0.4 is 10.6 Å². The van der Waals surface area contributed by atoms with Gasteiger partial charge < -0.3 is 25.2 Å². The second-order valence-corrected chi connectivity index (χ2v) is 4.17. The van der Waals surface area contributed by atoms with Crippen molar-refractivity contribution in [2.24, 2.45) is 0 Å². The largest absolute Gasteiger partial charge is 0.481 e. The average molecular weight is 313 g/mol. The van der Waals surface area contributed by atoms with Gasteiger partial charge in [0.25, 0.3) is 5.91 Å². The monoisotopic (exact) mass is 313 g/mol. The molecule has 3 N–H and O–H groups in total. The van der Waals surface area contributed by atoms with Crippen molar-refractivity contribution in [3.63, 3.8) is 0 Å². The lowest BCUT2D eigenvalue weighted by molar-refractivity contribution is -0.137. The van der Waals surface area contributed by atoms with Gasteiger partial charge in [-0.25, -0.2) is 0 Å². The summed E-state index contributed by atoms with van der Waals surface area (Å²) >= 11 is 0. The van der Waals surface area contributed by atoms with E-state index in [2.05, 4.69) is 10.6 Å². The molecule has 0 rings (SSSR count). The van der Waals surface area contributed by atoms with Crippen molar-refractivity contribution in [3.8, 4) is 6.07 Å². The minimum atomic E-state index is -0.926. The number of carboxylic acid groups (broad SMARTS) is 1. The highest BCUT2D eigenvalue weighted by Crippen LogP contribution is 1.96. The van der Waals surface area contributed by atoms with E-state index in [1.54, 1.807) is 6.07 Å². The molecule has 0 fully saturated rings. The van der Waals surface area contributed by atoms with E-state index in [0.717, 1.165) is 0 Å². The van der Waals surface area contributed by atoms with Crippen molar-refractivity contribution in [3.05, 3.63) is 11.8 Å². The smallest absolute Gasteiger partial charge is 0.303 e. The zero-order valence-corrected chi connectivity index (χ0v) is 12.9. The van der Waals surface area contributed by atoms with E-state index in [-0.39, 0.29) is 18.5 Å². The number of amides is 1. The van der Waals surface area contributed by atoms with Crippen LogP contribution in [-0.2, 0) is 19.1 Å². The van der Waals surface area contributed by atoms with Crippen molar-refractivity contribution in [1.82, 2.24) is 10.6 Å². The minimum absolute atomic E-state index is 0.0332. The highest BCUT2D eigenvalue weighted by molar-refractivity contribution is 5.97. The van der Waals surface area contributed by atoms with E-state index in [1.165, 1.54) is 6.20 Å². The number of carbonyl (C=O) groups is 2. The van der Waals surface area contributed by atoms with Gasteiger partial charge in [-0.15, -0.1) is 0 Å². The van der Waals surface area contributed by atoms with Crippen molar-refractivity contribution in [2.75, 3.05) is 26.3 Å². The van der Waals surface area contributed by atoms with Crippen LogP contribution in [0.4, 0.5) is 0 Å². The Morgan fingerprint density at radius 3 is 2.45 bits per heavy atom. The number of carbonyl (C=O) groups excluding carboxylic acids is 1. The van der Waals surface area contributed by atoms with Gasteiger partial charge in [0.15, 0.2) is 6.29 Å². The van der Waals surface area contributed by atoms with Crippen LogP contribution in [-0.4, -0.2) is 49.6 Å². The summed E-state index contributed by atoms with van der Waals surface area (Å²) in [5, 5.41) is 22.7. The molecule has 0 aromatic rings. The molecule has 0 radical (unpaired) electrons. The highest BCUT2D eigenvalue weighted by atomic mass is 16.7. The fourth-order valence-electron chi connectivity index (χ4n) is 1.48. The van der Waals surface area contributed by atoms with E-state index < -0.39 is 18.2 Å². The van der Waals surface area contributed by atoms with E-state index in [9.17, 15) is 9.59 Å². The average Bonchev–Trinajstić information content (AvgIpc) is 2.48. The molecule has 1 amide bonds. The molecule has 0 spiro atoms. The summed E-state index contributed by atoms with van der Waals surface area (Å²) in [7, 11) is 0. The summed E-state index contributed by atoms with van der Waals surface area (Å²) in [5.41, 5.74) is -0.0953. The molecule has 0 aromatic heterocycles. The summed E-state index contributed by atoms with van der Waals surface area (Å²) in [6.07, 6.45) is 1.11. The van der Waals surface area contributed by atoms with Crippen LogP contribution in [0, 0.1) is 11.3 Å². The van der Waals surface area contributed by atoms with Gasteiger partial charge >= 0.3 is 5.97 Å². The van der Waals surface area contributed by atoms with Gasteiger partial charge in [0, 0.05) is 32.4 Å². The molecule has 8 nitrogen and oxygen atoms in total. The molecule has 22 heavy (non-hydrogen) atoms. The van der Waals surface area contributed by atoms with Gasteiger partial charge in [-0.2, -0.15) is 5.26 Å². The first-order valence-corrected chi connectivity index (χ1v) is 7.11. The normalized spacial score (nSPS) is 11.1. The van der Waals surface area contributed by atoms with Crippen molar-refractivity contribution < 1.29 is 24.2 Å². The van der Waals surface area contributed by atoms with Gasteiger partial charge in [-0.1, -0.05) is 0 Å². The number of nitrogens with zero attached hydrogens (tertiary/aromatic N) is 1. The van der Waals surface area contributed by atoms with Crippen molar-refractivity contribution >= 4 is 11.9 Å². The Labute approximate surface area is 130 Å². The molecule has 0 heterocycles. The van der Waals surface area contributed by atoms with E-state index >= 15 is 0 Å². The Kier molecular flexibility index (Phi) is 11.4. The maximum atomic E-state index is 11.7. The van der Waals surface area contributed by atoms with Crippen LogP contribution >= 0.6 is 0 Å². The third-order valence-corrected chi connectivity index (χ3v) is 2.45. The molecule has 0 saturated carbocycles. The molecule has 0 saturated heterocycles. The summed E-state index contributed by atoms with van der Waals surface area (Å²) in [4.78, 5) is 22.0. The molecule has 124 valence electrons. The number of aliphatic carboxylic acids is 1. The first-order chi connectivity index (χ1) is 10.5. The van der Waals surface area contributed by atoms with Crippen LogP contribution in [0.3, 0.4) is 0 Å². The first kappa shape index (κ1) is 19.9. The van der Waals surface area contributed by atoms with Crippen molar-refractivity contribution in [1.29, 1.82) is 5.26 Å². The molecular weight excluding hydrogens is 290 g/mol. The van der Waals surface area contributed by atoms with Crippen LogP contribution in [0.15, 0.2) is 11.8 Å². The number of nitrogens with one attached hydrogen (secondary N) is 2. The summed E-state index contributed by atoms with van der Waals surface area (Å²) in [5.74, 6) is -1.48. The predicted octanol–water partition coefficient (Wildman–Crippen LogP) is 0.364. The molecule has 0 aliphatic heterocycles. The minimum Gasteiger partial charge on any atom is -0.481 e. The Morgan fingerprint density at radius 2 is 1.95 bits per heavy atom. The van der Waals surface area contributed by atoms with Crippen LogP contribution in [0.2, 0.25) is 0 Å². The summed E-state index contributed by atoms with van der Waals surface area (Å²) < 4.78 is 10.6. The van der Waals surface area contributed by atoms with Crippen LogP contribution in [0.5, 0.6) is 0 Å². The number of carboxylic acids is 1. The zero-order valence-electron chi connectivity index (χ0n) is 12.9. The highest BCUT2D eigenvalue weighted by Gasteiger charge is 2.10. The van der Waals surface area contributed by atoms with Gasteiger partial charge in [-0.3, -0.25) is 9.59 Å². The summed E-state index contributed by atoms with van der Waals surface area (Å²) in [6, 6.07) is 1.78. The Bertz CT molecular complexity index is 411. The lowest BCUT2D eigenvalue weighted by Crippen LogP contribution is -2.31. The maximum Gasteiger partial charge on any atom is 0.303 e. The van der Waals surface area contributed by atoms with Crippen LogP contribution in [0.25, 0.3) is 0 Å². The lowest BCUT2D eigenvalue weighted by atomic mass is 10.2. The maximum absolute atomic E-state index is 11.7. The third-order valence-electron chi connectivity index (χ3n) is 2.45. The van der Waals surface area contributed by atoms with E-state index in [4.69, 9.17) is 19.8 Å². The molecule has 0 bridgehead atoms. The second-order valence-electron chi connectivity index (χ2n) is 4.17. The lowest BCUT2D eigenvalue weighted by Gasteiger charge is -2.16. The topological polar surface area (TPSA) is 121 Å². The number of hydrogen-bond acceptors (Lipinski definition) is 6. The van der Waals surface area contributed by atoms with Gasteiger partial charge in [0.2, 0.25) is 0 Å². The SMILES string of the molecule is CCOC(CN/C=C(/C#N)C(=O)NCCCC(=O)O)OCC. The first-order valence-electron chi connectivity index (χ1n) is 7.11. The molecule has 0 aliphatic carbocycles. The molecule has 8 heteroatoms. The molecular formula is C14H23N3O5. The predicted molar refractivity (Wildman–Crippen MR) is 78.6 cm³/mol. The molecule has 0 unspecified atom stereocenters.